The number of aromatic hydroxyl groups is 1. The summed E-state index contributed by atoms with van der Waals surface area (Å²) in [7, 11) is 0. The first-order chi connectivity index (χ1) is 8.30. The van der Waals surface area contributed by atoms with E-state index in [0.29, 0.717) is 6.07 Å². The zero-order valence-corrected chi connectivity index (χ0v) is 10.7. The Bertz CT molecular complexity index is 457. The number of benzene rings is 1. The summed E-state index contributed by atoms with van der Waals surface area (Å²) in [6.45, 7) is 1.12. The van der Waals surface area contributed by atoms with Gasteiger partial charge < -0.3 is 15.6 Å². The second kappa shape index (κ2) is 6.63. The number of nitrogens with two attached hydrogens (primary N) is 1. The molecular formula is C11H13ClF3NO3. The highest BCUT2D eigenvalue weighted by Crippen LogP contribution is 2.32. The van der Waals surface area contributed by atoms with Crippen LogP contribution in [0, 0.1) is 5.82 Å². The molecule has 0 aliphatic carbocycles. The fourth-order valence-corrected chi connectivity index (χ4v) is 1.32. The van der Waals surface area contributed by atoms with Crippen LogP contribution >= 0.6 is 12.4 Å². The van der Waals surface area contributed by atoms with Crippen LogP contribution < -0.4 is 5.73 Å². The molecule has 1 aromatic rings. The van der Waals surface area contributed by atoms with Gasteiger partial charge in [-0.05, 0) is 13.0 Å². The van der Waals surface area contributed by atoms with Crippen LogP contribution in [0.15, 0.2) is 18.2 Å². The second-order valence-corrected chi connectivity index (χ2v) is 3.53. The zero-order valence-electron chi connectivity index (χ0n) is 9.90. The molecule has 108 valence electrons. The van der Waals surface area contributed by atoms with Crippen LogP contribution in [0.2, 0.25) is 0 Å². The van der Waals surface area contributed by atoms with Crippen molar-refractivity contribution in [1.82, 2.24) is 0 Å². The topological polar surface area (TPSA) is 72.5 Å². The molecular weight excluding hydrogens is 287 g/mol. The summed E-state index contributed by atoms with van der Waals surface area (Å²) in [5.41, 5.74) is 4.60. The molecule has 1 rings (SSSR count). The molecule has 8 heteroatoms. The Balaban J connectivity index is 0.00000324. The fraction of sp³-hybridized carbons (Fsp3) is 0.364. The Labute approximate surface area is 113 Å². The maximum absolute atomic E-state index is 13.5. The van der Waals surface area contributed by atoms with Crippen molar-refractivity contribution < 1.29 is 27.8 Å². The van der Waals surface area contributed by atoms with Crippen LogP contribution in [0.25, 0.3) is 0 Å². The number of halogens is 4. The van der Waals surface area contributed by atoms with Crippen LogP contribution in [-0.2, 0) is 9.53 Å². The number of carbonyl (C=O) groups is 1. The van der Waals surface area contributed by atoms with Gasteiger partial charge in [0.15, 0.2) is 0 Å². The normalized spacial score (nSPS) is 12.5. The smallest absolute Gasteiger partial charge is 0.379 e. The molecule has 3 N–H and O–H groups in total. The van der Waals surface area contributed by atoms with E-state index in [1.165, 1.54) is 6.92 Å². The van der Waals surface area contributed by atoms with Gasteiger partial charge in [0.1, 0.15) is 17.6 Å². The summed E-state index contributed by atoms with van der Waals surface area (Å²) in [6.07, 6.45) is 0. The quantitative estimate of drug-likeness (QED) is 0.836. The highest BCUT2D eigenvalue weighted by atomic mass is 35.5. The van der Waals surface area contributed by atoms with E-state index in [0.717, 1.165) is 12.1 Å². The lowest BCUT2D eigenvalue weighted by molar-refractivity contribution is -0.174. The van der Waals surface area contributed by atoms with Gasteiger partial charge >= 0.3 is 11.9 Å². The summed E-state index contributed by atoms with van der Waals surface area (Å²) in [6, 6.07) is 0.343. The van der Waals surface area contributed by atoms with E-state index in [4.69, 9.17) is 10.8 Å². The maximum atomic E-state index is 13.5. The Kier molecular flexibility index (Phi) is 6.11. The van der Waals surface area contributed by atoms with Gasteiger partial charge in [-0.3, -0.25) is 0 Å². The van der Waals surface area contributed by atoms with E-state index in [2.05, 4.69) is 4.74 Å². The van der Waals surface area contributed by atoms with Gasteiger partial charge in [0.05, 0.1) is 6.61 Å². The van der Waals surface area contributed by atoms with Gasteiger partial charge in [-0.25, -0.2) is 9.18 Å². The molecule has 1 atom stereocenters. The minimum absolute atomic E-state index is 0. The van der Waals surface area contributed by atoms with Crippen molar-refractivity contribution in [3.05, 3.63) is 29.6 Å². The number of ether oxygens (including phenoxy) is 1. The van der Waals surface area contributed by atoms with Crippen LogP contribution in [0.1, 0.15) is 18.5 Å². The van der Waals surface area contributed by atoms with Crippen LogP contribution in [0.3, 0.4) is 0 Å². The minimum atomic E-state index is -4.05. The van der Waals surface area contributed by atoms with E-state index in [-0.39, 0.29) is 19.0 Å². The Morgan fingerprint density at radius 3 is 2.58 bits per heavy atom. The number of esters is 1. The molecule has 0 saturated heterocycles. The van der Waals surface area contributed by atoms with Crippen molar-refractivity contribution in [3.8, 4) is 5.75 Å². The van der Waals surface area contributed by atoms with Gasteiger partial charge in [0, 0.05) is 11.6 Å². The lowest BCUT2D eigenvalue weighted by Crippen LogP contribution is -2.42. The number of phenols is 1. The highest BCUT2D eigenvalue weighted by Gasteiger charge is 2.48. The van der Waals surface area contributed by atoms with Crippen molar-refractivity contribution >= 4 is 18.4 Å². The third-order valence-corrected chi connectivity index (χ3v) is 2.26. The molecule has 0 bridgehead atoms. The third kappa shape index (κ3) is 3.74. The predicted molar refractivity (Wildman–Crippen MR) is 63.8 cm³/mol. The summed E-state index contributed by atoms with van der Waals surface area (Å²) in [4.78, 5) is 11.0. The first-order valence-electron chi connectivity index (χ1n) is 5.09. The van der Waals surface area contributed by atoms with E-state index in [9.17, 15) is 18.0 Å². The molecule has 0 amide bonds. The third-order valence-electron chi connectivity index (χ3n) is 2.26. The van der Waals surface area contributed by atoms with Crippen molar-refractivity contribution in [2.45, 2.75) is 18.9 Å². The van der Waals surface area contributed by atoms with Crippen molar-refractivity contribution in [3.63, 3.8) is 0 Å². The first kappa shape index (κ1) is 17.5. The molecule has 0 aliphatic rings. The summed E-state index contributed by atoms with van der Waals surface area (Å²) < 4.78 is 44.6. The molecule has 0 unspecified atom stereocenters. The maximum Gasteiger partial charge on any atom is 0.379 e. The van der Waals surface area contributed by atoms with Crippen LogP contribution in [-0.4, -0.2) is 23.6 Å². The van der Waals surface area contributed by atoms with Gasteiger partial charge in [0.25, 0.3) is 0 Å². The summed E-state index contributed by atoms with van der Waals surface area (Å²) in [5, 5.41) is 8.96. The number of hydrogen-bond donors (Lipinski definition) is 2. The average molecular weight is 300 g/mol. The fourth-order valence-electron chi connectivity index (χ4n) is 1.32. The van der Waals surface area contributed by atoms with Crippen molar-refractivity contribution in [2.24, 2.45) is 5.73 Å². The summed E-state index contributed by atoms with van der Waals surface area (Å²) >= 11 is 0. The Morgan fingerprint density at radius 2 is 2.11 bits per heavy atom. The molecule has 4 nitrogen and oxygen atoms in total. The van der Waals surface area contributed by atoms with Gasteiger partial charge in [-0.15, -0.1) is 12.4 Å². The molecule has 0 aliphatic heterocycles. The molecule has 1 aromatic carbocycles. The SMILES string of the molecule is CCOC(=O)C(F)(F)[C@@H](N)c1ccc(O)cc1F.Cl. The number of rotatable bonds is 4. The lowest BCUT2D eigenvalue weighted by atomic mass is 10.0. The molecule has 19 heavy (non-hydrogen) atoms. The monoisotopic (exact) mass is 299 g/mol. The number of hydrogen-bond acceptors (Lipinski definition) is 4. The molecule has 0 heterocycles. The minimum Gasteiger partial charge on any atom is -0.508 e. The molecule has 0 radical (unpaired) electrons. The largest absolute Gasteiger partial charge is 0.508 e. The molecule has 0 spiro atoms. The standard InChI is InChI=1S/C11H12F3NO3.ClH/c1-2-18-10(17)11(13,14)9(15)7-4-3-6(16)5-8(7)12;/h3-5,9,16H,2,15H2,1H3;1H/t9-;/m0./s1. The van der Waals surface area contributed by atoms with Crippen molar-refractivity contribution in [2.75, 3.05) is 6.61 Å². The second-order valence-electron chi connectivity index (χ2n) is 3.53. The van der Waals surface area contributed by atoms with Crippen molar-refractivity contribution in [1.29, 1.82) is 0 Å². The number of carbonyl (C=O) groups excluding carboxylic acids is 1. The van der Waals surface area contributed by atoms with Gasteiger partial charge in [-0.1, -0.05) is 6.07 Å². The van der Waals surface area contributed by atoms with E-state index < -0.39 is 35.1 Å². The Morgan fingerprint density at radius 1 is 1.53 bits per heavy atom. The average Bonchev–Trinajstić information content (AvgIpc) is 2.28. The lowest BCUT2D eigenvalue weighted by Gasteiger charge is -2.22. The molecule has 0 fully saturated rings. The van der Waals surface area contributed by atoms with Gasteiger partial charge in [0.2, 0.25) is 0 Å². The predicted octanol–water partition coefficient (Wildman–Crippen LogP) is 2.15. The summed E-state index contributed by atoms with van der Waals surface area (Å²) in [5.74, 6) is -7.41. The molecule has 0 aromatic heterocycles. The number of alkyl halides is 2. The zero-order chi connectivity index (χ0) is 13.9. The van der Waals surface area contributed by atoms with Crippen LogP contribution in [0.4, 0.5) is 13.2 Å². The molecule has 0 saturated carbocycles. The van der Waals surface area contributed by atoms with Gasteiger partial charge in [-0.2, -0.15) is 8.78 Å². The Hall–Kier alpha value is -1.47. The van der Waals surface area contributed by atoms with E-state index in [1.807, 2.05) is 0 Å². The van der Waals surface area contributed by atoms with E-state index in [1.54, 1.807) is 0 Å². The number of phenolic OH excluding ortho intramolecular Hbond substituents is 1. The highest BCUT2D eigenvalue weighted by molar-refractivity contribution is 5.85. The first-order valence-corrected chi connectivity index (χ1v) is 5.09. The van der Waals surface area contributed by atoms with Crippen LogP contribution in [0.5, 0.6) is 5.75 Å². The van der Waals surface area contributed by atoms with E-state index >= 15 is 0 Å².